The fourth-order valence-electron chi connectivity index (χ4n) is 1.65. The molecule has 0 aromatic heterocycles. The first kappa shape index (κ1) is 18.2. The Kier molecular flexibility index (Phi) is 7.59. The molecule has 124 valence electrons. The predicted molar refractivity (Wildman–Crippen MR) is 79.4 cm³/mol. The maximum Gasteiger partial charge on any atom is 0.277 e. The lowest BCUT2D eigenvalue weighted by Crippen LogP contribution is -2.41. The van der Waals surface area contributed by atoms with Crippen LogP contribution < -0.4 is 20.5 Å². The minimum absolute atomic E-state index is 0.109. The predicted octanol–water partition coefficient (Wildman–Crippen LogP) is 1.95. The molecule has 0 saturated heterocycles. The Balaban J connectivity index is 2.26. The molecule has 0 fully saturated rings. The van der Waals surface area contributed by atoms with Crippen molar-refractivity contribution in [1.82, 2.24) is 5.32 Å². The van der Waals surface area contributed by atoms with E-state index in [0.29, 0.717) is 31.1 Å². The molecular formula is C15H22F2N2O3. The van der Waals surface area contributed by atoms with Gasteiger partial charge in [0.1, 0.15) is 0 Å². The highest BCUT2D eigenvalue weighted by molar-refractivity contribution is 5.75. The van der Waals surface area contributed by atoms with Gasteiger partial charge in [-0.25, -0.2) is 8.78 Å². The number of hydrogen-bond donors (Lipinski definition) is 2. The summed E-state index contributed by atoms with van der Waals surface area (Å²) in [6.07, 6.45) is 0.526. The molecule has 1 aromatic carbocycles. The van der Waals surface area contributed by atoms with E-state index >= 15 is 0 Å². The summed E-state index contributed by atoms with van der Waals surface area (Å²) >= 11 is 0. The van der Waals surface area contributed by atoms with E-state index in [0.717, 1.165) is 0 Å². The largest absolute Gasteiger partial charge is 0.490 e. The highest BCUT2D eigenvalue weighted by Crippen LogP contribution is 2.26. The van der Waals surface area contributed by atoms with Gasteiger partial charge in [0.2, 0.25) is 5.91 Å². The van der Waals surface area contributed by atoms with Gasteiger partial charge in [0.25, 0.3) is 5.92 Å². The van der Waals surface area contributed by atoms with E-state index in [9.17, 15) is 13.6 Å². The van der Waals surface area contributed by atoms with E-state index in [4.69, 9.17) is 15.2 Å². The number of amides is 1. The van der Waals surface area contributed by atoms with E-state index in [-0.39, 0.29) is 6.42 Å². The molecule has 0 aliphatic rings. The molecule has 7 heteroatoms. The lowest BCUT2D eigenvalue weighted by molar-refractivity contribution is -0.123. The number of carbonyl (C=O) groups is 1. The highest BCUT2D eigenvalue weighted by Gasteiger charge is 2.26. The molecule has 0 atom stereocenters. The van der Waals surface area contributed by atoms with Gasteiger partial charge in [0.05, 0.1) is 26.3 Å². The molecular weight excluding hydrogens is 294 g/mol. The lowest BCUT2D eigenvalue weighted by atomic mass is 10.3. The van der Waals surface area contributed by atoms with Gasteiger partial charge in [0.15, 0.2) is 11.5 Å². The Labute approximate surface area is 128 Å². The van der Waals surface area contributed by atoms with Crippen molar-refractivity contribution in [3.05, 3.63) is 24.3 Å². The Bertz CT molecular complexity index is 470. The summed E-state index contributed by atoms with van der Waals surface area (Å²) in [5.41, 5.74) is 4.88. The number of carbonyl (C=O) groups excluding carboxylic acids is 1. The second kappa shape index (κ2) is 9.19. The zero-order valence-corrected chi connectivity index (χ0v) is 12.6. The normalized spacial score (nSPS) is 11.1. The third-order valence-corrected chi connectivity index (χ3v) is 2.80. The Hall–Kier alpha value is -1.89. The van der Waals surface area contributed by atoms with Crippen molar-refractivity contribution in [2.24, 2.45) is 5.73 Å². The van der Waals surface area contributed by atoms with Gasteiger partial charge in [-0.15, -0.1) is 0 Å². The van der Waals surface area contributed by atoms with Crippen LogP contribution in [0.15, 0.2) is 24.3 Å². The van der Waals surface area contributed by atoms with Crippen molar-refractivity contribution in [3.8, 4) is 11.5 Å². The van der Waals surface area contributed by atoms with Crippen LogP contribution in [0.3, 0.4) is 0 Å². The number of halogens is 2. The van der Waals surface area contributed by atoms with Crippen LogP contribution in [0.2, 0.25) is 0 Å². The summed E-state index contributed by atoms with van der Waals surface area (Å²) in [6, 6.07) is 7.22. The fraction of sp³-hybridized carbons (Fsp3) is 0.533. The van der Waals surface area contributed by atoms with Crippen LogP contribution in [0.1, 0.15) is 19.8 Å². The minimum Gasteiger partial charge on any atom is -0.490 e. The first-order chi connectivity index (χ1) is 10.5. The molecule has 0 bridgehead atoms. The zero-order valence-electron chi connectivity index (χ0n) is 12.6. The van der Waals surface area contributed by atoms with Crippen LogP contribution in [-0.4, -0.2) is 38.1 Å². The maximum absolute atomic E-state index is 12.9. The van der Waals surface area contributed by atoms with Crippen LogP contribution in [-0.2, 0) is 4.79 Å². The van der Waals surface area contributed by atoms with Crippen LogP contribution in [0.4, 0.5) is 8.78 Å². The number of hydrogen-bond acceptors (Lipinski definition) is 4. The Morgan fingerprint density at radius 2 is 1.91 bits per heavy atom. The topological polar surface area (TPSA) is 73.6 Å². The second-order valence-electron chi connectivity index (χ2n) is 4.67. The molecule has 0 radical (unpaired) electrons. The molecule has 0 spiro atoms. The van der Waals surface area contributed by atoms with E-state index in [1.807, 2.05) is 19.1 Å². The van der Waals surface area contributed by atoms with Crippen molar-refractivity contribution in [2.75, 3.05) is 26.3 Å². The van der Waals surface area contributed by atoms with Crippen LogP contribution in [0, 0.1) is 0 Å². The zero-order chi connectivity index (χ0) is 16.4. The first-order valence-corrected chi connectivity index (χ1v) is 7.17. The molecule has 0 saturated carbocycles. The number of benzene rings is 1. The summed E-state index contributed by atoms with van der Waals surface area (Å²) in [6.45, 7) is 1.17. The van der Waals surface area contributed by atoms with Gasteiger partial charge in [0, 0.05) is 6.42 Å². The van der Waals surface area contributed by atoms with Crippen molar-refractivity contribution >= 4 is 5.91 Å². The fourth-order valence-corrected chi connectivity index (χ4v) is 1.65. The molecule has 1 aromatic rings. The monoisotopic (exact) mass is 316 g/mol. The lowest BCUT2D eigenvalue weighted by Gasteiger charge is -2.14. The molecule has 0 aliphatic carbocycles. The third kappa shape index (κ3) is 6.71. The van der Waals surface area contributed by atoms with Gasteiger partial charge in [-0.05, 0) is 25.5 Å². The van der Waals surface area contributed by atoms with E-state index < -0.39 is 24.9 Å². The molecule has 22 heavy (non-hydrogen) atoms. The van der Waals surface area contributed by atoms with Crippen LogP contribution in [0.25, 0.3) is 0 Å². The van der Waals surface area contributed by atoms with E-state index in [1.54, 1.807) is 12.1 Å². The summed E-state index contributed by atoms with van der Waals surface area (Å²) < 4.78 is 36.7. The summed E-state index contributed by atoms with van der Waals surface area (Å²) in [5, 5.41) is 2.16. The standard InChI is InChI=1S/C15H22F2N2O3/c1-2-21-12-6-3-4-7-13(12)22-9-5-8-14(20)19-11-15(16,17)10-18/h3-4,6-7H,2,5,8-11,18H2,1H3,(H,19,20). The van der Waals surface area contributed by atoms with Crippen molar-refractivity contribution in [3.63, 3.8) is 0 Å². The molecule has 5 nitrogen and oxygen atoms in total. The van der Waals surface area contributed by atoms with E-state index in [2.05, 4.69) is 5.32 Å². The molecule has 1 amide bonds. The maximum atomic E-state index is 12.9. The van der Waals surface area contributed by atoms with Crippen LogP contribution in [0.5, 0.6) is 11.5 Å². The SMILES string of the molecule is CCOc1ccccc1OCCCC(=O)NCC(F)(F)CN. The summed E-state index contributed by atoms with van der Waals surface area (Å²) in [4.78, 5) is 11.4. The van der Waals surface area contributed by atoms with Crippen molar-refractivity contribution < 1.29 is 23.0 Å². The van der Waals surface area contributed by atoms with Crippen LogP contribution >= 0.6 is 0 Å². The van der Waals surface area contributed by atoms with Gasteiger partial charge in [-0.2, -0.15) is 0 Å². The number of para-hydroxylation sites is 2. The average Bonchev–Trinajstić information content (AvgIpc) is 2.51. The summed E-state index contributed by atoms with van der Waals surface area (Å²) in [7, 11) is 0. The number of alkyl halides is 2. The second-order valence-corrected chi connectivity index (χ2v) is 4.67. The average molecular weight is 316 g/mol. The minimum atomic E-state index is -3.07. The Morgan fingerprint density at radius 3 is 2.50 bits per heavy atom. The number of nitrogens with two attached hydrogens (primary N) is 1. The van der Waals surface area contributed by atoms with Gasteiger partial charge in [-0.3, -0.25) is 4.79 Å². The number of ether oxygens (including phenoxy) is 2. The number of rotatable bonds is 10. The number of nitrogens with one attached hydrogen (secondary N) is 1. The van der Waals surface area contributed by atoms with E-state index in [1.165, 1.54) is 0 Å². The summed E-state index contributed by atoms with van der Waals surface area (Å²) in [5.74, 6) is -2.28. The smallest absolute Gasteiger partial charge is 0.277 e. The molecule has 0 unspecified atom stereocenters. The van der Waals surface area contributed by atoms with Gasteiger partial charge >= 0.3 is 0 Å². The molecule has 3 N–H and O–H groups in total. The van der Waals surface area contributed by atoms with Crippen molar-refractivity contribution in [1.29, 1.82) is 0 Å². The first-order valence-electron chi connectivity index (χ1n) is 7.17. The highest BCUT2D eigenvalue weighted by atomic mass is 19.3. The quantitative estimate of drug-likeness (QED) is 0.647. The van der Waals surface area contributed by atoms with Gasteiger partial charge < -0.3 is 20.5 Å². The molecule has 1 rings (SSSR count). The third-order valence-electron chi connectivity index (χ3n) is 2.80. The van der Waals surface area contributed by atoms with Gasteiger partial charge in [-0.1, -0.05) is 12.1 Å². The van der Waals surface area contributed by atoms with Crippen molar-refractivity contribution in [2.45, 2.75) is 25.7 Å². The Morgan fingerprint density at radius 1 is 1.27 bits per heavy atom. The molecule has 0 aliphatic heterocycles. The molecule has 0 heterocycles.